The van der Waals surface area contributed by atoms with Gasteiger partial charge in [-0.1, -0.05) is 34.4 Å². The van der Waals surface area contributed by atoms with Crippen LogP contribution in [0.2, 0.25) is 0 Å². The zero-order chi connectivity index (χ0) is 11.8. The van der Waals surface area contributed by atoms with Crippen molar-refractivity contribution in [1.82, 2.24) is 0 Å². The number of hydrogen-bond acceptors (Lipinski definition) is 2. The van der Waals surface area contributed by atoms with Crippen molar-refractivity contribution in [2.75, 3.05) is 12.3 Å². The fourth-order valence-electron chi connectivity index (χ4n) is 1.62. The first-order chi connectivity index (χ1) is 7.72. The second kappa shape index (κ2) is 7.20. The molecule has 0 unspecified atom stereocenters. The molecule has 1 rings (SSSR count). The minimum absolute atomic E-state index is 0.607. The first kappa shape index (κ1) is 12.9. The highest BCUT2D eigenvalue weighted by Crippen LogP contribution is 2.16. The second-order valence-corrected chi connectivity index (χ2v) is 4.96. The van der Waals surface area contributed by atoms with E-state index in [0.717, 1.165) is 17.9 Å². The van der Waals surface area contributed by atoms with Crippen LogP contribution in [0, 0.1) is 13.8 Å². The number of hydrogen-bond donors (Lipinski definition) is 0. The maximum Gasteiger partial charge on any atom is 0.0265 e. The molecule has 1 aromatic carbocycles. The summed E-state index contributed by atoms with van der Waals surface area (Å²) in [6.45, 7) is 4.86. The maximum absolute atomic E-state index is 8.11. The Morgan fingerprint density at radius 1 is 1.25 bits per heavy atom. The third-order valence-corrected chi connectivity index (χ3v) is 3.28. The van der Waals surface area contributed by atoms with Gasteiger partial charge in [-0.3, -0.25) is 0 Å². The van der Waals surface area contributed by atoms with E-state index < -0.39 is 0 Å². The van der Waals surface area contributed by atoms with Crippen LogP contribution in [-0.4, -0.2) is 12.3 Å². The molecule has 0 bridgehead atoms. The number of benzene rings is 1. The molecule has 86 valence electrons. The SMILES string of the molecule is Cc1cc(C)cc(CSCCCN=[N+]=[N-])c1. The molecule has 0 radical (unpaired) electrons. The molecule has 16 heavy (non-hydrogen) atoms. The summed E-state index contributed by atoms with van der Waals surface area (Å²) in [5.41, 5.74) is 12.1. The Labute approximate surface area is 101 Å². The summed E-state index contributed by atoms with van der Waals surface area (Å²) < 4.78 is 0. The fraction of sp³-hybridized carbons (Fsp3) is 0.500. The number of rotatable bonds is 6. The third kappa shape index (κ3) is 5.10. The lowest BCUT2D eigenvalue weighted by Crippen LogP contribution is -1.88. The molecule has 0 saturated carbocycles. The predicted octanol–water partition coefficient (Wildman–Crippen LogP) is 4.24. The first-order valence-electron chi connectivity index (χ1n) is 5.38. The summed E-state index contributed by atoms with van der Waals surface area (Å²) in [6.07, 6.45) is 0.958. The molecule has 0 saturated heterocycles. The fourth-order valence-corrected chi connectivity index (χ4v) is 2.50. The van der Waals surface area contributed by atoms with Gasteiger partial charge < -0.3 is 0 Å². The van der Waals surface area contributed by atoms with Crippen molar-refractivity contribution in [1.29, 1.82) is 0 Å². The molecule has 0 aliphatic heterocycles. The third-order valence-electron chi connectivity index (χ3n) is 2.16. The van der Waals surface area contributed by atoms with Crippen LogP contribution in [0.15, 0.2) is 23.3 Å². The Balaban J connectivity index is 2.29. The molecule has 0 heterocycles. The monoisotopic (exact) mass is 235 g/mol. The van der Waals surface area contributed by atoms with Crippen LogP contribution in [0.4, 0.5) is 0 Å². The van der Waals surface area contributed by atoms with Gasteiger partial charge in [0.25, 0.3) is 0 Å². The van der Waals surface area contributed by atoms with Gasteiger partial charge >= 0.3 is 0 Å². The van der Waals surface area contributed by atoms with Crippen LogP contribution in [0.3, 0.4) is 0 Å². The number of aryl methyl sites for hydroxylation is 2. The highest BCUT2D eigenvalue weighted by atomic mass is 32.2. The normalized spacial score (nSPS) is 9.88. The molecular weight excluding hydrogens is 218 g/mol. The molecule has 0 aliphatic rings. The highest BCUT2D eigenvalue weighted by molar-refractivity contribution is 7.98. The molecule has 0 atom stereocenters. The largest absolute Gasteiger partial charge is 0.157 e. The molecular formula is C12H17N3S. The van der Waals surface area contributed by atoms with Crippen LogP contribution in [-0.2, 0) is 5.75 Å². The Morgan fingerprint density at radius 3 is 2.56 bits per heavy atom. The lowest BCUT2D eigenvalue weighted by atomic mass is 10.1. The van der Waals surface area contributed by atoms with Crippen molar-refractivity contribution in [3.05, 3.63) is 45.3 Å². The van der Waals surface area contributed by atoms with Gasteiger partial charge in [0.1, 0.15) is 0 Å². The van der Waals surface area contributed by atoms with Crippen molar-refractivity contribution in [3.8, 4) is 0 Å². The predicted molar refractivity (Wildman–Crippen MR) is 70.7 cm³/mol. The van der Waals surface area contributed by atoms with Crippen molar-refractivity contribution in [2.45, 2.75) is 26.0 Å². The van der Waals surface area contributed by atoms with Gasteiger partial charge in [-0.25, -0.2) is 0 Å². The van der Waals surface area contributed by atoms with E-state index >= 15 is 0 Å². The Kier molecular flexibility index (Phi) is 5.83. The van der Waals surface area contributed by atoms with Gasteiger partial charge in [-0.05, 0) is 37.1 Å². The van der Waals surface area contributed by atoms with E-state index in [9.17, 15) is 0 Å². The van der Waals surface area contributed by atoms with Crippen molar-refractivity contribution < 1.29 is 0 Å². The molecule has 0 aromatic heterocycles. The van der Waals surface area contributed by atoms with E-state index in [0.29, 0.717) is 6.54 Å². The smallest absolute Gasteiger partial charge is 0.0265 e. The van der Waals surface area contributed by atoms with E-state index in [-0.39, 0.29) is 0 Å². The zero-order valence-electron chi connectivity index (χ0n) is 9.81. The van der Waals surface area contributed by atoms with Crippen LogP contribution in [0.25, 0.3) is 10.4 Å². The van der Waals surface area contributed by atoms with Crippen LogP contribution in [0.5, 0.6) is 0 Å². The molecule has 3 nitrogen and oxygen atoms in total. The quantitative estimate of drug-likeness (QED) is 0.315. The van der Waals surface area contributed by atoms with E-state index in [1.807, 2.05) is 11.8 Å². The summed E-state index contributed by atoms with van der Waals surface area (Å²) in [7, 11) is 0. The Hall–Kier alpha value is -1.12. The van der Waals surface area contributed by atoms with E-state index in [4.69, 9.17) is 5.53 Å². The van der Waals surface area contributed by atoms with E-state index in [2.05, 4.69) is 42.1 Å². The molecule has 0 aliphatic carbocycles. The van der Waals surface area contributed by atoms with Crippen LogP contribution >= 0.6 is 11.8 Å². The van der Waals surface area contributed by atoms with Gasteiger partial charge in [0, 0.05) is 17.2 Å². The molecule has 0 amide bonds. The summed E-state index contributed by atoms with van der Waals surface area (Å²) >= 11 is 1.89. The summed E-state index contributed by atoms with van der Waals surface area (Å²) in [4.78, 5) is 2.73. The molecule has 0 fully saturated rings. The molecule has 0 spiro atoms. The number of nitrogens with zero attached hydrogens (tertiary/aromatic N) is 3. The minimum Gasteiger partial charge on any atom is -0.157 e. The molecule has 1 aromatic rings. The Morgan fingerprint density at radius 2 is 1.94 bits per heavy atom. The van der Waals surface area contributed by atoms with Crippen molar-refractivity contribution in [3.63, 3.8) is 0 Å². The average molecular weight is 235 g/mol. The number of thioether (sulfide) groups is 1. The topological polar surface area (TPSA) is 48.8 Å². The maximum atomic E-state index is 8.11. The van der Waals surface area contributed by atoms with Crippen molar-refractivity contribution in [2.24, 2.45) is 5.11 Å². The lowest BCUT2D eigenvalue weighted by Gasteiger charge is -2.04. The van der Waals surface area contributed by atoms with Gasteiger partial charge in [0.05, 0.1) is 0 Å². The summed E-state index contributed by atoms with van der Waals surface area (Å²) in [6, 6.07) is 6.65. The van der Waals surface area contributed by atoms with Gasteiger partial charge in [0.15, 0.2) is 0 Å². The summed E-state index contributed by atoms with van der Waals surface area (Å²) in [5.74, 6) is 2.09. The van der Waals surface area contributed by atoms with Crippen LogP contribution in [0.1, 0.15) is 23.1 Å². The van der Waals surface area contributed by atoms with Gasteiger partial charge in [0.2, 0.25) is 0 Å². The Bertz CT molecular complexity index is 364. The zero-order valence-corrected chi connectivity index (χ0v) is 10.6. The minimum atomic E-state index is 0.607. The standard InChI is InChI=1S/C12H17N3S/c1-10-6-11(2)8-12(7-10)9-16-5-3-4-14-15-13/h6-8H,3-5,9H2,1-2H3. The lowest BCUT2D eigenvalue weighted by molar-refractivity contribution is 0.931. The average Bonchev–Trinajstić information content (AvgIpc) is 2.22. The first-order valence-corrected chi connectivity index (χ1v) is 6.53. The summed E-state index contributed by atoms with van der Waals surface area (Å²) in [5, 5.41) is 3.51. The van der Waals surface area contributed by atoms with E-state index in [1.54, 1.807) is 0 Å². The van der Waals surface area contributed by atoms with Crippen molar-refractivity contribution >= 4 is 11.8 Å². The second-order valence-electron chi connectivity index (χ2n) is 3.86. The molecule has 0 N–H and O–H groups in total. The van der Waals surface area contributed by atoms with E-state index in [1.165, 1.54) is 16.7 Å². The molecule has 4 heteroatoms. The van der Waals surface area contributed by atoms with Gasteiger partial charge in [-0.2, -0.15) is 11.8 Å². The number of azide groups is 1. The van der Waals surface area contributed by atoms with Crippen LogP contribution < -0.4 is 0 Å². The highest BCUT2D eigenvalue weighted by Gasteiger charge is 1.96. The van der Waals surface area contributed by atoms with Gasteiger partial charge in [-0.15, -0.1) is 0 Å².